The van der Waals surface area contributed by atoms with Gasteiger partial charge < -0.3 is 19.3 Å². The molecule has 0 saturated heterocycles. The van der Waals surface area contributed by atoms with Gasteiger partial charge in [-0.3, -0.25) is 5.32 Å². The molecule has 0 spiro atoms. The van der Waals surface area contributed by atoms with Gasteiger partial charge in [-0.2, -0.15) is 0 Å². The average Bonchev–Trinajstić information content (AvgIpc) is 2.85. The third-order valence-electron chi connectivity index (χ3n) is 6.71. The zero-order chi connectivity index (χ0) is 25.0. The molecule has 0 aromatic heterocycles. The Kier molecular flexibility index (Phi) is 7.68. The van der Waals surface area contributed by atoms with E-state index in [-0.39, 0.29) is 11.8 Å². The lowest BCUT2D eigenvalue weighted by molar-refractivity contribution is 0.0272. The van der Waals surface area contributed by atoms with Crippen molar-refractivity contribution in [2.24, 2.45) is 0 Å². The second-order valence-corrected chi connectivity index (χ2v) is 9.78. The zero-order valence-electron chi connectivity index (χ0n) is 21.3. The number of fused-ring (bicyclic) bond motifs is 1. The molecule has 1 aliphatic rings. The molecule has 3 aromatic carbocycles. The van der Waals surface area contributed by atoms with Gasteiger partial charge in [0.1, 0.15) is 29.0 Å². The van der Waals surface area contributed by atoms with Crippen LogP contribution in [0.2, 0.25) is 0 Å². The maximum Gasteiger partial charge on any atom is 0.176 e. The first-order valence-electron chi connectivity index (χ1n) is 12.4. The third-order valence-corrected chi connectivity index (χ3v) is 6.71. The number of hydrogen-bond acceptors (Lipinski definition) is 5. The molecule has 35 heavy (non-hydrogen) atoms. The number of ether oxygens (including phenoxy) is 3. The molecule has 0 aliphatic carbocycles. The lowest BCUT2D eigenvalue weighted by atomic mass is 9.68. The van der Waals surface area contributed by atoms with Crippen molar-refractivity contribution in [3.05, 3.63) is 89.5 Å². The quantitative estimate of drug-likeness (QED) is 0.379. The molecule has 0 bridgehead atoms. The van der Waals surface area contributed by atoms with Gasteiger partial charge in [0.25, 0.3) is 0 Å². The molecule has 186 valence electrons. The van der Waals surface area contributed by atoms with Crippen LogP contribution in [-0.2, 0) is 0 Å². The van der Waals surface area contributed by atoms with E-state index >= 15 is 0 Å². The predicted molar refractivity (Wildman–Crippen MR) is 140 cm³/mol. The Morgan fingerprint density at radius 3 is 2.29 bits per heavy atom. The molecule has 4 atom stereocenters. The van der Waals surface area contributed by atoms with Gasteiger partial charge >= 0.3 is 0 Å². The van der Waals surface area contributed by atoms with E-state index in [1.807, 2.05) is 30.3 Å². The first-order chi connectivity index (χ1) is 16.8. The van der Waals surface area contributed by atoms with Gasteiger partial charge in [-0.15, -0.1) is 0 Å². The zero-order valence-corrected chi connectivity index (χ0v) is 21.3. The largest absolute Gasteiger partial charge is 0.497 e. The number of hydrogen-bond donors (Lipinski definition) is 2. The van der Waals surface area contributed by atoms with E-state index in [0.717, 1.165) is 35.8 Å². The predicted octanol–water partition coefficient (Wildman–Crippen LogP) is 5.87. The van der Waals surface area contributed by atoms with Gasteiger partial charge in [-0.05, 0) is 63.1 Å². The Morgan fingerprint density at radius 1 is 0.971 bits per heavy atom. The van der Waals surface area contributed by atoms with E-state index in [1.165, 1.54) is 11.1 Å². The van der Waals surface area contributed by atoms with Crippen LogP contribution in [0.15, 0.2) is 72.8 Å². The molecule has 3 aromatic rings. The minimum absolute atomic E-state index is 0.0851. The number of benzene rings is 3. The molecule has 1 aliphatic heterocycles. The van der Waals surface area contributed by atoms with Crippen molar-refractivity contribution in [3.63, 3.8) is 0 Å². The summed E-state index contributed by atoms with van der Waals surface area (Å²) in [6.07, 6.45) is -0.106. The Morgan fingerprint density at radius 2 is 1.66 bits per heavy atom. The van der Waals surface area contributed by atoms with Crippen LogP contribution in [0.1, 0.15) is 62.6 Å². The monoisotopic (exact) mass is 475 g/mol. The molecule has 0 saturated carbocycles. The maximum atomic E-state index is 10.1. The Hall–Kier alpha value is -3.02. The van der Waals surface area contributed by atoms with Crippen molar-refractivity contribution in [2.45, 2.75) is 63.9 Å². The molecule has 5 heteroatoms. The molecular formula is C30H37NO4. The highest BCUT2D eigenvalue weighted by atomic mass is 16.5. The van der Waals surface area contributed by atoms with Crippen LogP contribution in [0.25, 0.3) is 0 Å². The fourth-order valence-corrected chi connectivity index (χ4v) is 5.04. The molecule has 0 amide bonds. The molecule has 2 N–H and O–H groups in total. The number of rotatable bonds is 9. The van der Waals surface area contributed by atoms with Crippen LogP contribution in [0.3, 0.4) is 0 Å². The summed E-state index contributed by atoms with van der Waals surface area (Å²) in [6, 6.07) is 24.9. The molecule has 5 nitrogen and oxygen atoms in total. The highest BCUT2D eigenvalue weighted by Gasteiger charge is 2.45. The number of methoxy groups -OCH3 is 1. The second-order valence-electron chi connectivity index (χ2n) is 9.78. The standard InChI is InChI=1S/C30H37NO4/c1-6-18-31-29(20(2)32)34-23-14-12-21(13-15-23)27-25-17-16-24(33-5)19-26(25)35-30(3,4)28(27)22-10-8-7-9-11-22/h7-17,19-20,27-29,31-32H,6,18H2,1-5H3/t20-,27-,28+,29?/m1/s1. The van der Waals surface area contributed by atoms with E-state index < -0.39 is 17.9 Å². The highest BCUT2D eigenvalue weighted by molar-refractivity contribution is 5.52. The maximum absolute atomic E-state index is 10.1. The summed E-state index contributed by atoms with van der Waals surface area (Å²) in [5, 5.41) is 13.4. The van der Waals surface area contributed by atoms with Crippen molar-refractivity contribution in [3.8, 4) is 17.2 Å². The van der Waals surface area contributed by atoms with Gasteiger partial charge in [0.2, 0.25) is 0 Å². The number of aliphatic hydroxyl groups excluding tert-OH is 1. The smallest absolute Gasteiger partial charge is 0.176 e. The minimum Gasteiger partial charge on any atom is -0.497 e. The third kappa shape index (κ3) is 5.47. The van der Waals surface area contributed by atoms with Crippen LogP contribution in [0.4, 0.5) is 0 Å². The Labute approximate surface area is 209 Å². The summed E-state index contributed by atoms with van der Waals surface area (Å²) in [4.78, 5) is 0. The van der Waals surface area contributed by atoms with Crippen molar-refractivity contribution < 1.29 is 19.3 Å². The van der Waals surface area contributed by atoms with Crippen molar-refractivity contribution in [1.29, 1.82) is 0 Å². The lowest BCUT2D eigenvalue weighted by Crippen LogP contribution is -2.43. The minimum atomic E-state index is -0.623. The first-order valence-corrected chi connectivity index (χ1v) is 12.4. The number of nitrogens with one attached hydrogen (secondary N) is 1. The average molecular weight is 476 g/mol. The lowest BCUT2D eigenvalue weighted by Gasteiger charge is -2.45. The van der Waals surface area contributed by atoms with Crippen molar-refractivity contribution in [2.75, 3.05) is 13.7 Å². The first kappa shape index (κ1) is 25.1. The molecule has 0 radical (unpaired) electrons. The van der Waals surface area contributed by atoms with E-state index in [1.54, 1.807) is 14.0 Å². The van der Waals surface area contributed by atoms with Gasteiger partial charge in [0, 0.05) is 23.5 Å². The molecule has 0 fully saturated rings. The van der Waals surface area contributed by atoms with Crippen molar-refractivity contribution in [1.82, 2.24) is 5.32 Å². The highest BCUT2D eigenvalue weighted by Crippen LogP contribution is 2.53. The summed E-state index contributed by atoms with van der Waals surface area (Å²) in [5.74, 6) is 2.55. The van der Waals surface area contributed by atoms with E-state index in [4.69, 9.17) is 14.2 Å². The van der Waals surface area contributed by atoms with Gasteiger partial charge in [0.15, 0.2) is 6.23 Å². The Bertz CT molecular complexity index is 1100. The molecule has 1 heterocycles. The molecular weight excluding hydrogens is 438 g/mol. The van der Waals surface area contributed by atoms with Gasteiger partial charge in [0.05, 0.1) is 7.11 Å². The summed E-state index contributed by atoms with van der Waals surface area (Å²) in [5.41, 5.74) is 3.12. The van der Waals surface area contributed by atoms with Crippen LogP contribution in [-0.4, -0.2) is 36.7 Å². The fourth-order valence-electron chi connectivity index (χ4n) is 5.04. The fraction of sp³-hybridized carbons (Fsp3) is 0.400. The SMILES string of the molecule is CCCNC(Oc1ccc([C@@H]2c3ccc(OC)cc3OC(C)(C)[C@H]2c2ccccc2)cc1)[C@@H](C)O. The Balaban J connectivity index is 1.73. The summed E-state index contributed by atoms with van der Waals surface area (Å²) in [7, 11) is 1.68. The van der Waals surface area contributed by atoms with Gasteiger partial charge in [-0.25, -0.2) is 0 Å². The van der Waals surface area contributed by atoms with Crippen LogP contribution in [0, 0.1) is 0 Å². The second kappa shape index (κ2) is 10.7. The van der Waals surface area contributed by atoms with Crippen LogP contribution < -0.4 is 19.5 Å². The topological polar surface area (TPSA) is 60.0 Å². The van der Waals surface area contributed by atoms with Crippen LogP contribution >= 0.6 is 0 Å². The van der Waals surface area contributed by atoms with E-state index in [2.05, 4.69) is 68.6 Å². The molecule has 4 rings (SSSR count). The summed E-state index contributed by atoms with van der Waals surface area (Å²) < 4.78 is 18.1. The number of aliphatic hydroxyl groups is 1. The summed E-state index contributed by atoms with van der Waals surface area (Å²) >= 11 is 0. The van der Waals surface area contributed by atoms with E-state index in [9.17, 15) is 5.11 Å². The van der Waals surface area contributed by atoms with E-state index in [0.29, 0.717) is 0 Å². The van der Waals surface area contributed by atoms with Crippen molar-refractivity contribution >= 4 is 0 Å². The van der Waals surface area contributed by atoms with Gasteiger partial charge in [-0.1, -0.05) is 55.5 Å². The van der Waals surface area contributed by atoms with Crippen LogP contribution in [0.5, 0.6) is 17.2 Å². The summed E-state index contributed by atoms with van der Waals surface area (Å²) in [6.45, 7) is 8.92. The molecule has 1 unspecified atom stereocenters. The normalized spacial score (nSPS) is 20.3.